The van der Waals surface area contributed by atoms with E-state index >= 15 is 0 Å². The third-order valence-corrected chi connectivity index (χ3v) is 4.81. The molecule has 0 aromatic carbocycles. The van der Waals surface area contributed by atoms with Crippen molar-refractivity contribution in [3.05, 3.63) is 0 Å². The van der Waals surface area contributed by atoms with Gasteiger partial charge in [0.25, 0.3) is 0 Å². The van der Waals surface area contributed by atoms with Gasteiger partial charge >= 0.3 is 0 Å². The van der Waals surface area contributed by atoms with Gasteiger partial charge in [0.05, 0.1) is 6.61 Å². The molecule has 1 saturated heterocycles. The molecule has 2 N–H and O–H groups in total. The highest BCUT2D eigenvalue weighted by Gasteiger charge is 2.42. The first-order valence-electron chi connectivity index (χ1n) is 7.77. The summed E-state index contributed by atoms with van der Waals surface area (Å²) in [6, 6.07) is 0.463. The molecular formula is C15H30N2O. The summed E-state index contributed by atoms with van der Waals surface area (Å²) in [6.45, 7) is 8.48. The van der Waals surface area contributed by atoms with Crippen molar-refractivity contribution in [1.29, 1.82) is 0 Å². The average Bonchev–Trinajstić information content (AvgIpc) is 2.95. The van der Waals surface area contributed by atoms with Crippen molar-refractivity contribution >= 4 is 0 Å². The van der Waals surface area contributed by atoms with E-state index in [2.05, 4.69) is 24.1 Å². The van der Waals surface area contributed by atoms with E-state index in [1.165, 1.54) is 51.7 Å². The molecule has 0 radical (unpaired) electrons. The second-order valence-electron chi connectivity index (χ2n) is 6.54. The molecule has 0 bridgehead atoms. The van der Waals surface area contributed by atoms with Crippen LogP contribution in [0.25, 0.3) is 0 Å². The Hall–Kier alpha value is -0.120. The number of aliphatic hydroxyl groups is 1. The van der Waals surface area contributed by atoms with Crippen molar-refractivity contribution in [2.75, 3.05) is 26.2 Å². The van der Waals surface area contributed by atoms with E-state index in [-0.39, 0.29) is 5.54 Å². The molecule has 3 nitrogen and oxygen atoms in total. The van der Waals surface area contributed by atoms with Gasteiger partial charge in [0.1, 0.15) is 0 Å². The molecule has 2 aliphatic rings. The molecule has 106 valence electrons. The summed E-state index contributed by atoms with van der Waals surface area (Å²) in [5.74, 6) is 0.658. The summed E-state index contributed by atoms with van der Waals surface area (Å²) in [5, 5.41) is 13.5. The highest BCUT2D eigenvalue weighted by Crippen LogP contribution is 2.38. The van der Waals surface area contributed by atoms with Crippen LogP contribution in [0.4, 0.5) is 0 Å². The quantitative estimate of drug-likeness (QED) is 0.761. The van der Waals surface area contributed by atoms with Gasteiger partial charge in [0.2, 0.25) is 0 Å². The smallest absolute Gasteiger partial charge is 0.0616 e. The maximum atomic E-state index is 9.85. The summed E-state index contributed by atoms with van der Waals surface area (Å²) < 4.78 is 0. The Morgan fingerprint density at radius 3 is 2.61 bits per heavy atom. The first-order valence-corrected chi connectivity index (χ1v) is 7.77. The highest BCUT2D eigenvalue weighted by molar-refractivity contribution is 5.00. The van der Waals surface area contributed by atoms with Crippen molar-refractivity contribution in [2.24, 2.45) is 5.92 Å². The number of likely N-dealkylation sites (tertiary alicyclic amines) is 1. The topological polar surface area (TPSA) is 35.5 Å². The average molecular weight is 254 g/mol. The molecule has 2 fully saturated rings. The van der Waals surface area contributed by atoms with Gasteiger partial charge in [0, 0.05) is 11.6 Å². The molecule has 0 aromatic rings. The molecule has 2 unspecified atom stereocenters. The van der Waals surface area contributed by atoms with E-state index in [0.29, 0.717) is 18.6 Å². The van der Waals surface area contributed by atoms with Crippen LogP contribution in [0.1, 0.15) is 52.4 Å². The van der Waals surface area contributed by atoms with Gasteiger partial charge in [-0.05, 0) is 57.7 Å². The van der Waals surface area contributed by atoms with Crippen LogP contribution in [0, 0.1) is 5.92 Å². The standard InChI is InChI=1S/C15H30N2O/c1-13(2)16-15(12-18)8-5-6-14(15)7-11-17-9-3-4-10-17/h13-14,16,18H,3-12H2,1-2H3. The fourth-order valence-electron chi connectivity index (χ4n) is 3.93. The normalized spacial score (nSPS) is 33.7. The molecule has 1 aliphatic carbocycles. The van der Waals surface area contributed by atoms with Crippen molar-refractivity contribution in [1.82, 2.24) is 10.2 Å². The van der Waals surface area contributed by atoms with Crippen LogP contribution >= 0.6 is 0 Å². The van der Waals surface area contributed by atoms with Crippen LogP contribution in [0.5, 0.6) is 0 Å². The number of rotatable bonds is 6. The minimum atomic E-state index is 0.00783. The van der Waals surface area contributed by atoms with Crippen LogP contribution in [0.15, 0.2) is 0 Å². The van der Waals surface area contributed by atoms with Gasteiger partial charge in [-0.2, -0.15) is 0 Å². The first kappa shape index (κ1) is 14.3. The molecule has 2 rings (SSSR count). The minimum absolute atomic E-state index is 0.00783. The number of aliphatic hydroxyl groups excluding tert-OH is 1. The van der Waals surface area contributed by atoms with Crippen LogP contribution in [-0.4, -0.2) is 47.8 Å². The van der Waals surface area contributed by atoms with Crippen molar-refractivity contribution in [3.63, 3.8) is 0 Å². The van der Waals surface area contributed by atoms with E-state index in [4.69, 9.17) is 0 Å². The van der Waals surface area contributed by atoms with Gasteiger partial charge in [-0.3, -0.25) is 0 Å². The van der Waals surface area contributed by atoms with Gasteiger partial charge in [-0.15, -0.1) is 0 Å². The summed E-state index contributed by atoms with van der Waals surface area (Å²) in [7, 11) is 0. The molecular weight excluding hydrogens is 224 g/mol. The lowest BCUT2D eigenvalue weighted by Gasteiger charge is -2.37. The van der Waals surface area contributed by atoms with Crippen LogP contribution in [-0.2, 0) is 0 Å². The lowest BCUT2D eigenvalue weighted by molar-refractivity contribution is 0.105. The lowest BCUT2D eigenvalue weighted by atomic mass is 9.84. The van der Waals surface area contributed by atoms with E-state index in [9.17, 15) is 5.11 Å². The molecule has 1 saturated carbocycles. The molecule has 0 spiro atoms. The van der Waals surface area contributed by atoms with E-state index in [1.807, 2.05) is 0 Å². The maximum absolute atomic E-state index is 9.85. The zero-order valence-corrected chi connectivity index (χ0v) is 12.1. The lowest BCUT2D eigenvalue weighted by Crippen LogP contribution is -2.54. The Kier molecular flexibility index (Phi) is 5.05. The highest BCUT2D eigenvalue weighted by atomic mass is 16.3. The maximum Gasteiger partial charge on any atom is 0.0616 e. The largest absolute Gasteiger partial charge is 0.394 e. The minimum Gasteiger partial charge on any atom is -0.394 e. The molecule has 0 amide bonds. The Balaban J connectivity index is 1.88. The zero-order valence-electron chi connectivity index (χ0n) is 12.1. The molecule has 1 aliphatic heterocycles. The fraction of sp³-hybridized carbons (Fsp3) is 1.00. The van der Waals surface area contributed by atoms with Crippen molar-refractivity contribution < 1.29 is 5.11 Å². The van der Waals surface area contributed by atoms with E-state index in [1.54, 1.807) is 0 Å². The van der Waals surface area contributed by atoms with Crippen molar-refractivity contribution in [3.8, 4) is 0 Å². The second-order valence-corrected chi connectivity index (χ2v) is 6.54. The molecule has 18 heavy (non-hydrogen) atoms. The second kappa shape index (κ2) is 6.36. The summed E-state index contributed by atoms with van der Waals surface area (Å²) in [5.41, 5.74) is 0.00783. The Morgan fingerprint density at radius 2 is 2.00 bits per heavy atom. The van der Waals surface area contributed by atoms with Crippen LogP contribution in [0.3, 0.4) is 0 Å². The molecule has 3 heteroatoms. The van der Waals surface area contributed by atoms with Crippen molar-refractivity contribution in [2.45, 2.75) is 64.0 Å². The number of nitrogens with one attached hydrogen (secondary N) is 1. The van der Waals surface area contributed by atoms with E-state index in [0.717, 1.165) is 6.42 Å². The third kappa shape index (κ3) is 3.25. The molecule has 1 heterocycles. The van der Waals surface area contributed by atoms with E-state index < -0.39 is 0 Å². The molecule has 2 atom stereocenters. The first-order chi connectivity index (χ1) is 8.66. The van der Waals surface area contributed by atoms with Gasteiger partial charge < -0.3 is 15.3 Å². The summed E-state index contributed by atoms with van der Waals surface area (Å²) in [4.78, 5) is 2.59. The zero-order chi connectivity index (χ0) is 13.0. The van der Waals surface area contributed by atoms with Crippen LogP contribution < -0.4 is 5.32 Å². The summed E-state index contributed by atoms with van der Waals surface area (Å²) >= 11 is 0. The number of hydrogen-bond acceptors (Lipinski definition) is 3. The fourth-order valence-corrected chi connectivity index (χ4v) is 3.93. The van der Waals surface area contributed by atoms with Gasteiger partial charge in [-0.25, -0.2) is 0 Å². The number of nitrogens with zero attached hydrogens (tertiary/aromatic N) is 1. The molecule has 0 aromatic heterocycles. The Labute approximate surface area is 112 Å². The van der Waals surface area contributed by atoms with Gasteiger partial charge in [0.15, 0.2) is 0 Å². The third-order valence-electron chi connectivity index (χ3n) is 4.81. The van der Waals surface area contributed by atoms with Crippen LogP contribution in [0.2, 0.25) is 0 Å². The Bertz CT molecular complexity index is 251. The predicted octanol–water partition coefficient (Wildman–Crippen LogP) is 2.00. The number of hydrogen-bond donors (Lipinski definition) is 2. The van der Waals surface area contributed by atoms with Gasteiger partial charge in [-0.1, -0.05) is 20.3 Å². The monoisotopic (exact) mass is 254 g/mol. The SMILES string of the molecule is CC(C)NC1(CO)CCCC1CCN1CCCC1. The Morgan fingerprint density at radius 1 is 1.28 bits per heavy atom. The predicted molar refractivity (Wildman–Crippen MR) is 75.7 cm³/mol. The summed E-state index contributed by atoms with van der Waals surface area (Å²) in [6.07, 6.45) is 7.70.